The van der Waals surface area contributed by atoms with E-state index in [9.17, 15) is 23.7 Å². The summed E-state index contributed by atoms with van der Waals surface area (Å²) in [4.78, 5) is 41.3. The summed E-state index contributed by atoms with van der Waals surface area (Å²) in [7, 11) is -2.44. The second-order valence-electron chi connectivity index (χ2n) is 9.89. The number of imidazole rings is 1. The molecule has 242 valence electrons. The Kier molecular flexibility index (Phi) is 8.91. The third kappa shape index (κ3) is 6.20. The highest BCUT2D eigenvalue weighted by atomic mass is 32.7. The summed E-state index contributed by atoms with van der Waals surface area (Å²) < 4.78 is 72.5. The van der Waals surface area contributed by atoms with Crippen LogP contribution in [0, 0.1) is 5.82 Å². The molecule has 0 aliphatic carbocycles. The number of halogens is 2. The lowest BCUT2D eigenvalue weighted by Gasteiger charge is -2.26. The van der Waals surface area contributed by atoms with E-state index in [4.69, 9.17) is 46.3 Å². The number of nitrogens with two attached hydrogens (primary N) is 2. The Labute approximate surface area is 261 Å². The van der Waals surface area contributed by atoms with Crippen molar-refractivity contribution < 1.29 is 46.4 Å². The normalized spacial score (nSPS) is 28.6. The van der Waals surface area contributed by atoms with Crippen LogP contribution in [-0.4, -0.2) is 87.9 Å². The number of hydrogen-bond acceptors (Lipinski definition) is 15. The minimum Gasteiger partial charge on any atom is -0.394 e. The zero-order chi connectivity index (χ0) is 32.2. The number of aliphatic hydroxyl groups excluding tert-OH is 1. The second kappa shape index (κ2) is 12.5. The van der Waals surface area contributed by atoms with Crippen LogP contribution in [0.3, 0.4) is 0 Å². The molecule has 6 heterocycles. The number of nitrogen functional groups attached to an aromatic ring is 2. The van der Waals surface area contributed by atoms with E-state index in [0.29, 0.717) is 0 Å². The number of anilines is 2. The minimum absolute atomic E-state index is 0.0180. The van der Waals surface area contributed by atoms with E-state index in [1.807, 2.05) is 0 Å². The van der Waals surface area contributed by atoms with Crippen LogP contribution in [0.5, 0.6) is 0 Å². The highest BCUT2D eigenvalue weighted by molar-refractivity contribution is 8.39. The predicted octanol–water partition coefficient (Wildman–Crippen LogP) is 0.974. The van der Waals surface area contributed by atoms with Gasteiger partial charge in [-0.25, -0.2) is 23.7 Å². The number of thiol groups is 1. The Balaban J connectivity index is 1.21. The zero-order valence-electron chi connectivity index (χ0n) is 22.5. The second-order valence-corrected chi connectivity index (χ2v) is 14.3. The lowest BCUT2D eigenvalue weighted by molar-refractivity contribution is -0.0529. The lowest BCUT2D eigenvalue weighted by Crippen LogP contribution is -2.32. The molecule has 2 saturated heterocycles. The van der Waals surface area contributed by atoms with Crippen LogP contribution >= 0.6 is 26.2 Å². The quantitative estimate of drug-likeness (QED) is 0.0991. The Morgan fingerprint density at radius 1 is 1.24 bits per heavy atom. The molecule has 18 nitrogen and oxygen atoms in total. The Bertz CT molecular complexity index is 1880. The molecule has 2 aliphatic rings. The van der Waals surface area contributed by atoms with Crippen molar-refractivity contribution >= 4 is 72.0 Å². The van der Waals surface area contributed by atoms with Crippen LogP contribution in [0.1, 0.15) is 18.9 Å². The Morgan fingerprint density at radius 3 is 2.76 bits per heavy atom. The van der Waals surface area contributed by atoms with Gasteiger partial charge in [0.1, 0.15) is 55.0 Å². The average molecular weight is 711 g/mol. The number of hydrogen-bond donors (Lipinski definition) is 6. The molecule has 2 aliphatic heterocycles. The topological polar surface area (TPSA) is 250 Å². The molecule has 2 fully saturated rings. The molecular weight excluding hydrogens is 686 g/mol. The number of nitrogens with one attached hydrogen (secondary N) is 1. The van der Waals surface area contributed by atoms with Gasteiger partial charge in [0.2, 0.25) is 5.95 Å². The molecule has 4 aromatic heterocycles. The van der Waals surface area contributed by atoms with Gasteiger partial charge in [0.15, 0.2) is 35.0 Å². The van der Waals surface area contributed by atoms with Gasteiger partial charge >= 0.3 is 13.9 Å². The van der Waals surface area contributed by atoms with Crippen molar-refractivity contribution in [2.45, 2.75) is 49.5 Å². The van der Waals surface area contributed by atoms with Gasteiger partial charge in [-0.05, 0) is 16.4 Å². The number of aromatic amines is 1. The van der Waals surface area contributed by atoms with Crippen molar-refractivity contribution in [2.24, 2.45) is 0 Å². The van der Waals surface area contributed by atoms with E-state index in [-0.39, 0.29) is 40.4 Å². The first-order valence-electron chi connectivity index (χ1n) is 12.9. The number of fused-ring (bicyclic) bond motifs is 2. The monoisotopic (exact) mass is 710 g/mol. The van der Waals surface area contributed by atoms with Crippen LogP contribution < -0.4 is 17.0 Å². The maximum Gasteiger partial charge on any atom is 0.582 e. The highest BCUT2D eigenvalue weighted by Crippen LogP contribution is 2.51. The first kappa shape index (κ1) is 32.2. The summed E-state index contributed by atoms with van der Waals surface area (Å²) >= 11 is 8.96. The van der Waals surface area contributed by atoms with Crippen molar-refractivity contribution in [1.82, 2.24) is 34.1 Å². The highest BCUT2D eigenvalue weighted by Gasteiger charge is 2.50. The fraction of sp³-hybridized carbons (Fsp3) is 0.476. The van der Waals surface area contributed by atoms with E-state index in [0.717, 1.165) is 23.4 Å². The third-order valence-electron chi connectivity index (χ3n) is 7.13. The average Bonchev–Trinajstić information content (AvgIpc) is 3.72. The van der Waals surface area contributed by atoms with Crippen molar-refractivity contribution in [3.05, 3.63) is 35.0 Å². The van der Waals surface area contributed by atoms with E-state index in [2.05, 4.69) is 37.2 Å². The third-order valence-corrected chi connectivity index (χ3v) is 9.43. The van der Waals surface area contributed by atoms with E-state index >= 15 is 4.39 Å². The van der Waals surface area contributed by atoms with Gasteiger partial charge in [-0.1, -0.05) is 0 Å². The van der Waals surface area contributed by atoms with Crippen LogP contribution in [0.4, 0.5) is 20.5 Å². The Morgan fingerprint density at radius 2 is 2.02 bits per heavy atom. The fourth-order valence-corrected chi connectivity index (χ4v) is 7.41. The summed E-state index contributed by atoms with van der Waals surface area (Å²) in [6.07, 6.45) is -6.06. The van der Waals surface area contributed by atoms with E-state index < -0.39 is 81.6 Å². The molecule has 6 rings (SSSR count). The van der Waals surface area contributed by atoms with Gasteiger partial charge in [-0.15, -0.1) is 4.52 Å². The molecule has 0 spiro atoms. The number of ether oxygens (including phenoxy) is 2. The van der Waals surface area contributed by atoms with Crippen molar-refractivity contribution in [3.8, 4) is 0 Å². The minimum atomic E-state index is -4.33. The van der Waals surface area contributed by atoms with Crippen molar-refractivity contribution in [1.29, 1.82) is 0 Å². The zero-order valence-corrected chi connectivity index (χ0v) is 26.0. The largest absolute Gasteiger partial charge is 0.582 e. The number of rotatable bonds is 10. The molecule has 0 saturated carbocycles. The molecule has 0 bridgehead atoms. The van der Waals surface area contributed by atoms with Gasteiger partial charge in [-0.2, -0.15) is 4.98 Å². The maximum atomic E-state index is 15.4. The lowest BCUT2D eigenvalue weighted by atomic mass is 10.1. The molecule has 24 heteroatoms. The molecule has 9 atom stereocenters. The van der Waals surface area contributed by atoms with Gasteiger partial charge < -0.3 is 40.0 Å². The summed E-state index contributed by atoms with van der Waals surface area (Å²) in [6.45, 7) is -5.60. The summed E-state index contributed by atoms with van der Waals surface area (Å²) in [6, 6.07) is 0. The molecule has 0 aromatic carbocycles. The first-order chi connectivity index (χ1) is 21.4. The molecule has 45 heavy (non-hydrogen) atoms. The molecule has 2 unspecified atom stereocenters. The molecule has 7 N–H and O–H groups in total. The van der Waals surface area contributed by atoms with Gasteiger partial charge in [0, 0.05) is 12.6 Å². The number of H-pyrrole nitrogens is 1. The van der Waals surface area contributed by atoms with Crippen molar-refractivity contribution in [2.75, 3.05) is 24.7 Å². The van der Waals surface area contributed by atoms with Crippen LogP contribution in [0.2, 0.25) is 0 Å². The maximum absolute atomic E-state index is 15.4. The van der Waals surface area contributed by atoms with Gasteiger partial charge in [0.25, 0.3) is 5.56 Å². The predicted molar refractivity (Wildman–Crippen MR) is 158 cm³/mol. The van der Waals surface area contributed by atoms with E-state index in [1.165, 1.54) is 4.57 Å². The van der Waals surface area contributed by atoms with Crippen LogP contribution in [-0.2, 0) is 39.4 Å². The molecule has 4 aromatic rings. The van der Waals surface area contributed by atoms with Crippen LogP contribution in [0.15, 0.2) is 23.6 Å². The summed E-state index contributed by atoms with van der Waals surface area (Å²) in [5, 5.41) is 9.64. The number of nitrogens with zero attached hydrogens (tertiary/aromatic N) is 6. The number of alkyl halides is 1. The smallest absolute Gasteiger partial charge is 0.394 e. The SMILES string of the molecule is Nc1nc2c(ncn2[C@@H]2O[C@H](CO)[C@@H](F)[C@H]2OP(O)(=S)OC[C@H]2O[C@@H](n3cc(F)c4c(N)ncnc43)C[C@@H]2O[P+](=O)S)c(=O)[nH]1. The number of aliphatic hydroxyl groups is 1. The van der Waals surface area contributed by atoms with Crippen molar-refractivity contribution in [3.63, 3.8) is 0 Å². The molecular formula is C21H24F2N9O9P2S2+. The fourth-order valence-electron chi connectivity index (χ4n) is 5.19. The van der Waals surface area contributed by atoms with Crippen LogP contribution in [0.25, 0.3) is 22.2 Å². The van der Waals surface area contributed by atoms with Gasteiger partial charge in [-0.3, -0.25) is 18.9 Å². The molecule has 0 radical (unpaired) electrons. The van der Waals surface area contributed by atoms with E-state index in [1.54, 1.807) is 0 Å². The molecule has 0 amide bonds. The standard InChI is InChI=1S/C21H23F2N9O9P2S2/c22-7-2-31(17-12(7)16(24)26-5-27-17)11-1-8(40-42(35)44)10(38-11)4-37-43(36,45)41-15-13(23)9(3-33)39-20(15)32-6-28-14-18(32)29-21(25)30-19(14)34/h2,5-6,8-11,13,15,20,33H,1,3-4H2,(H6-,24,25,26,27,29,30,34,35,36,44,45)/p+1/t8-,9+,10+,11+,13+,15+,20+,43?/m0/s1. The first-order valence-corrected chi connectivity index (χ1v) is 17.8. The number of aromatic nitrogens is 7. The Hall–Kier alpha value is -2.75. The summed E-state index contributed by atoms with van der Waals surface area (Å²) in [5.41, 5.74) is 10.7. The van der Waals surface area contributed by atoms with Gasteiger partial charge in [0.05, 0.1) is 24.9 Å². The summed E-state index contributed by atoms with van der Waals surface area (Å²) in [5.74, 6) is -1.04.